The Hall–Kier alpha value is -1.00. The van der Waals surface area contributed by atoms with Crippen LogP contribution in [-0.2, 0) is 4.74 Å². The fourth-order valence-corrected chi connectivity index (χ4v) is 2.07. The molecule has 2 rings (SSSR count). The first-order chi connectivity index (χ1) is 7.66. The van der Waals surface area contributed by atoms with Crippen LogP contribution in [-0.4, -0.2) is 24.2 Å². The molecule has 5 heteroatoms. The average Bonchev–Trinajstić information content (AvgIpc) is 2.75. The molecule has 1 fully saturated rings. The van der Waals surface area contributed by atoms with E-state index in [1.54, 1.807) is 12.3 Å². The van der Waals surface area contributed by atoms with E-state index < -0.39 is 0 Å². The Morgan fingerprint density at radius 3 is 3.12 bits per heavy atom. The summed E-state index contributed by atoms with van der Waals surface area (Å²) in [6.07, 6.45) is 2.69. The van der Waals surface area contributed by atoms with E-state index in [-0.39, 0.29) is 0 Å². The molecule has 2 atom stereocenters. The van der Waals surface area contributed by atoms with Crippen LogP contribution in [0.1, 0.15) is 13.3 Å². The van der Waals surface area contributed by atoms with Gasteiger partial charge in [0.1, 0.15) is 5.82 Å². The maximum Gasteiger partial charge on any atom is 0.145 e. The number of aromatic nitrogens is 1. The second kappa shape index (κ2) is 4.89. The van der Waals surface area contributed by atoms with Gasteiger partial charge >= 0.3 is 0 Å². The summed E-state index contributed by atoms with van der Waals surface area (Å²) in [5.74, 6) is 1.21. The van der Waals surface area contributed by atoms with Gasteiger partial charge in [0.25, 0.3) is 0 Å². The Morgan fingerprint density at radius 1 is 1.69 bits per heavy atom. The number of hydrogen-bond donors (Lipinski definition) is 2. The minimum absolute atomic E-state index is 0.302. The van der Waals surface area contributed by atoms with Crippen molar-refractivity contribution >= 4 is 23.1 Å². The molecule has 3 N–H and O–H groups in total. The number of anilines is 2. The summed E-state index contributed by atoms with van der Waals surface area (Å²) in [7, 11) is 0. The van der Waals surface area contributed by atoms with Crippen molar-refractivity contribution in [2.45, 2.75) is 19.4 Å². The predicted octanol–water partition coefficient (Wildman–Crippen LogP) is 2.15. The number of nitrogens with one attached hydrogen (secondary N) is 1. The van der Waals surface area contributed by atoms with Crippen LogP contribution in [0.25, 0.3) is 0 Å². The zero-order valence-corrected chi connectivity index (χ0v) is 10.00. The van der Waals surface area contributed by atoms with Crippen LogP contribution in [0.2, 0.25) is 5.02 Å². The molecule has 88 valence electrons. The summed E-state index contributed by atoms with van der Waals surface area (Å²) in [5.41, 5.74) is 6.16. The third kappa shape index (κ3) is 2.57. The molecule has 0 radical (unpaired) electrons. The Labute approximate surface area is 100 Å². The third-order valence-corrected chi connectivity index (χ3v) is 3.19. The van der Waals surface area contributed by atoms with Gasteiger partial charge in [0.2, 0.25) is 0 Å². The van der Waals surface area contributed by atoms with Crippen LogP contribution in [0.15, 0.2) is 12.3 Å². The van der Waals surface area contributed by atoms with Gasteiger partial charge in [-0.1, -0.05) is 11.6 Å². The maximum atomic E-state index is 6.04. The van der Waals surface area contributed by atoms with Crippen LogP contribution >= 0.6 is 11.6 Å². The van der Waals surface area contributed by atoms with E-state index in [1.807, 2.05) is 0 Å². The lowest BCUT2D eigenvalue weighted by atomic mass is 10.0. The molecule has 1 aromatic rings. The summed E-state index contributed by atoms with van der Waals surface area (Å²) in [5, 5.41) is 3.86. The molecule has 0 spiro atoms. The number of pyridine rings is 1. The van der Waals surface area contributed by atoms with Crippen LogP contribution in [0.5, 0.6) is 0 Å². The molecule has 0 aromatic carbocycles. The summed E-state index contributed by atoms with van der Waals surface area (Å²) >= 11 is 6.04. The zero-order chi connectivity index (χ0) is 11.5. The third-order valence-electron chi connectivity index (χ3n) is 2.90. The van der Waals surface area contributed by atoms with Crippen LogP contribution in [0, 0.1) is 5.92 Å². The van der Waals surface area contributed by atoms with E-state index >= 15 is 0 Å². The Morgan fingerprint density at radius 2 is 2.50 bits per heavy atom. The predicted molar refractivity (Wildman–Crippen MR) is 65.7 cm³/mol. The van der Waals surface area contributed by atoms with E-state index in [9.17, 15) is 0 Å². The minimum Gasteiger partial charge on any atom is -0.397 e. The second-order valence-electron chi connectivity index (χ2n) is 4.16. The highest BCUT2D eigenvalue weighted by Crippen LogP contribution is 2.25. The van der Waals surface area contributed by atoms with E-state index in [2.05, 4.69) is 17.2 Å². The number of nitrogens with zero attached hydrogens (tertiary/aromatic N) is 1. The highest BCUT2D eigenvalue weighted by Gasteiger charge is 2.22. The summed E-state index contributed by atoms with van der Waals surface area (Å²) in [6.45, 7) is 3.77. The van der Waals surface area contributed by atoms with Gasteiger partial charge in [-0.25, -0.2) is 4.98 Å². The molecular formula is C11H16ClN3O. The fourth-order valence-electron chi connectivity index (χ4n) is 1.84. The van der Waals surface area contributed by atoms with Crippen molar-refractivity contribution < 1.29 is 4.74 Å². The quantitative estimate of drug-likeness (QED) is 0.852. The first kappa shape index (κ1) is 11.5. The monoisotopic (exact) mass is 241 g/mol. The Kier molecular flexibility index (Phi) is 3.51. The maximum absolute atomic E-state index is 6.04. The molecule has 1 aliphatic rings. The number of nitrogen functional groups attached to an aromatic ring is 1. The summed E-state index contributed by atoms with van der Waals surface area (Å²) < 4.78 is 5.35. The number of ether oxygens (including phenoxy) is 1. The van der Waals surface area contributed by atoms with Gasteiger partial charge in [0.15, 0.2) is 0 Å². The molecule has 0 aliphatic carbocycles. The SMILES string of the molecule is CC(Nc1ncc(N)cc1Cl)C1CCOC1. The number of hydrogen-bond acceptors (Lipinski definition) is 4. The van der Waals surface area contributed by atoms with Gasteiger partial charge in [-0.05, 0) is 19.4 Å². The lowest BCUT2D eigenvalue weighted by Crippen LogP contribution is -2.26. The standard InChI is InChI=1S/C11H16ClN3O/c1-7(8-2-3-16-6-8)15-11-10(12)4-9(13)5-14-11/h4-5,7-8H,2-3,6,13H2,1H3,(H,14,15). The number of nitrogens with two attached hydrogens (primary N) is 1. The van der Waals surface area contributed by atoms with Crippen LogP contribution in [0.4, 0.5) is 11.5 Å². The molecule has 1 aromatic heterocycles. The van der Waals surface area contributed by atoms with E-state index in [4.69, 9.17) is 22.1 Å². The zero-order valence-electron chi connectivity index (χ0n) is 9.24. The summed E-state index contributed by atoms with van der Waals surface area (Å²) in [4.78, 5) is 4.18. The highest BCUT2D eigenvalue weighted by atomic mass is 35.5. The van der Waals surface area contributed by atoms with Gasteiger partial charge in [0.05, 0.1) is 23.5 Å². The van der Waals surface area contributed by atoms with Crippen molar-refractivity contribution in [1.29, 1.82) is 0 Å². The molecule has 2 unspecified atom stereocenters. The molecule has 1 aliphatic heterocycles. The van der Waals surface area contributed by atoms with Gasteiger partial charge in [-0.2, -0.15) is 0 Å². The first-order valence-electron chi connectivity index (χ1n) is 5.42. The Bertz CT molecular complexity index is 366. The van der Waals surface area contributed by atoms with Crippen LogP contribution < -0.4 is 11.1 Å². The topological polar surface area (TPSA) is 60.2 Å². The Balaban J connectivity index is 2.02. The first-order valence-corrected chi connectivity index (χ1v) is 5.80. The summed E-state index contributed by atoms with van der Waals surface area (Å²) in [6, 6.07) is 2.01. The molecule has 0 bridgehead atoms. The molecule has 16 heavy (non-hydrogen) atoms. The number of halogens is 1. The van der Waals surface area contributed by atoms with E-state index in [0.717, 1.165) is 19.6 Å². The van der Waals surface area contributed by atoms with Crippen LogP contribution in [0.3, 0.4) is 0 Å². The average molecular weight is 242 g/mol. The number of rotatable bonds is 3. The van der Waals surface area contributed by atoms with E-state index in [1.165, 1.54) is 0 Å². The smallest absolute Gasteiger partial charge is 0.145 e. The van der Waals surface area contributed by atoms with Gasteiger partial charge in [-0.3, -0.25) is 0 Å². The normalized spacial score (nSPS) is 22.0. The molecule has 1 saturated heterocycles. The molecule has 2 heterocycles. The highest BCUT2D eigenvalue weighted by molar-refractivity contribution is 6.33. The van der Waals surface area contributed by atoms with Gasteiger partial charge in [-0.15, -0.1) is 0 Å². The van der Waals surface area contributed by atoms with Gasteiger partial charge < -0.3 is 15.8 Å². The fraction of sp³-hybridized carbons (Fsp3) is 0.545. The second-order valence-corrected chi connectivity index (χ2v) is 4.56. The molecule has 4 nitrogen and oxygen atoms in total. The largest absolute Gasteiger partial charge is 0.397 e. The van der Waals surface area contributed by atoms with Crippen molar-refractivity contribution in [3.63, 3.8) is 0 Å². The van der Waals surface area contributed by atoms with Crippen molar-refractivity contribution in [3.8, 4) is 0 Å². The molecule has 0 amide bonds. The molecular weight excluding hydrogens is 226 g/mol. The minimum atomic E-state index is 0.302. The van der Waals surface area contributed by atoms with Crippen molar-refractivity contribution in [3.05, 3.63) is 17.3 Å². The van der Waals surface area contributed by atoms with Gasteiger partial charge in [0, 0.05) is 18.6 Å². The lowest BCUT2D eigenvalue weighted by Gasteiger charge is -2.20. The lowest BCUT2D eigenvalue weighted by molar-refractivity contribution is 0.183. The van der Waals surface area contributed by atoms with Crippen molar-refractivity contribution in [2.75, 3.05) is 24.3 Å². The molecule has 0 saturated carbocycles. The van der Waals surface area contributed by atoms with Crippen molar-refractivity contribution in [2.24, 2.45) is 5.92 Å². The van der Waals surface area contributed by atoms with E-state index in [0.29, 0.717) is 28.5 Å². The van der Waals surface area contributed by atoms with Crippen molar-refractivity contribution in [1.82, 2.24) is 4.98 Å².